The number of hydrogen-bond donors (Lipinski definition) is 0. The quantitative estimate of drug-likeness (QED) is 0.330. The Morgan fingerprint density at radius 1 is 1.13 bits per heavy atom. The fourth-order valence-corrected chi connectivity index (χ4v) is 3.17. The highest BCUT2D eigenvalue weighted by Gasteiger charge is 2.30. The van der Waals surface area contributed by atoms with Gasteiger partial charge in [0.1, 0.15) is 23.9 Å². The van der Waals surface area contributed by atoms with Crippen LogP contribution in [0, 0.1) is 22.9 Å². The number of carbonyl (C=O) groups excluding carboxylic acids is 1. The molecular formula is C23H16FNO5. The summed E-state index contributed by atoms with van der Waals surface area (Å²) in [4.78, 5) is 23.1. The van der Waals surface area contributed by atoms with Gasteiger partial charge in [-0.1, -0.05) is 30.3 Å². The predicted octanol–water partition coefficient (Wildman–Crippen LogP) is 5.24. The second-order valence-electron chi connectivity index (χ2n) is 6.74. The number of nitro benzene ring substituents is 1. The number of rotatable bonds is 5. The SMILES string of the molecule is Cc1c(OCc2ccccc2F)ccc2c1O/C(=C\c1cccc([N+](=O)[O-])c1)C2=O. The Morgan fingerprint density at radius 3 is 2.70 bits per heavy atom. The smallest absolute Gasteiger partial charge is 0.270 e. The van der Waals surface area contributed by atoms with Gasteiger partial charge >= 0.3 is 0 Å². The maximum atomic E-state index is 13.8. The van der Waals surface area contributed by atoms with E-state index in [9.17, 15) is 19.3 Å². The van der Waals surface area contributed by atoms with Gasteiger partial charge in [-0.2, -0.15) is 0 Å². The minimum absolute atomic E-state index is 0.0383. The third kappa shape index (κ3) is 3.65. The minimum Gasteiger partial charge on any atom is -0.488 e. The van der Waals surface area contributed by atoms with Gasteiger partial charge in [-0.25, -0.2) is 4.39 Å². The van der Waals surface area contributed by atoms with Crippen LogP contribution in [0.5, 0.6) is 11.5 Å². The molecule has 0 amide bonds. The first-order valence-corrected chi connectivity index (χ1v) is 9.12. The van der Waals surface area contributed by atoms with Crippen LogP contribution in [-0.2, 0) is 6.61 Å². The standard InChI is InChI=1S/C23H16FNO5/c1-14-20(29-13-16-6-2-3-8-19(16)24)10-9-18-22(26)21(30-23(14)18)12-15-5-4-7-17(11-15)25(27)28/h2-12H,13H2,1H3/b21-12-. The van der Waals surface area contributed by atoms with Crippen LogP contribution in [0.1, 0.15) is 27.0 Å². The molecule has 0 N–H and O–H groups in total. The lowest BCUT2D eigenvalue weighted by molar-refractivity contribution is -0.384. The molecule has 7 heteroatoms. The van der Waals surface area contributed by atoms with Gasteiger partial charge in [0, 0.05) is 23.3 Å². The third-order valence-corrected chi connectivity index (χ3v) is 4.76. The number of nitro groups is 1. The van der Waals surface area contributed by atoms with E-state index in [4.69, 9.17) is 9.47 Å². The maximum Gasteiger partial charge on any atom is 0.270 e. The topological polar surface area (TPSA) is 78.7 Å². The van der Waals surface area contributed by atoms with Crippen LogP contribution in [0.4, 0.5) is 10.1 Å². The normalized spacial score (nSPS) is 13.8. The van der Waals surface area contributed by atoms with E-state index in [0.29, 0.717) is 33.8 Å². The molecule has 3 aromatic rings. The van der Waals surface area contributed by atoms with Crippen LogP contribution >= 0.6 is 0 Å². The zero-order valence-electron chi connectivity index (χ0n) is 15.9. The molecule has 4 rings (SSSR count). The van der Waals surface area contributed by atoms with Crippen molar-refractivity contribution in [1.82, 2.24) is 0 Å². The Hall–Kier alpha value is -4.00. The molecule has 3 aromatic carbocycles. The molecule has 0 fully saturated rings. The summed E-state index contributed by atoms with van der Waals surface area (Å²) in [5.74, 6) is 0.231. The summed E-state index contributed by atoms with van der Waals surface area (Å²) in [6.45, 7) is 1.79. The molecule has 0 spiro atoms. The van der Waals surface area contributed by atoms with Gasteiger partial charge in [0.25, 0.3) is 5.69 Å². The Labute approximate surface area is 171 Å². The summed E-state index contributed by atoms with van der Waals surface area (Å²) in [5.41, 5.74) is 1.81. The van der Waals surface area contributed by atoms with E-state index in [1.54, 1.807) is 43.3 Å². The number of allylic oxidation sites excluding steroid dienone is 1. The molecule has 1 heterocycles. The monoisotopic (exact) mass is 405 g/mol. The fraction of sp³-hybridized carbons (Fsp3) is 0.0870. The summed E-state index contributed by atoms with van der Waals surface area (Å²) < 4.78 is 25.3. The summed E-state index contributed by atoms with van der Waals surface area (Å²) in [5, 5.41) is 10.9. The highest BCUT2D eigenvalue weighted by atomic mass is 19.1. The average molecular weight is 405 g/mol. The number of hydrogen-bond acceptors (Lipinski definition) is 5. The van der Waals surface area contributed by atoms with Crippen LogP contribution < -0.4 is 9.47 Å². The Morgan fingerprint density at radius 2 is 1.93 bits per heavy atom. The molecule has 0 bridgehead atoms. The first kappa shape index (κ1) is 19.3. The van der Waals surface area contributed by atoms with E-state index >= 15 is 0 Å². The van der Waals surface area contributed by atoms with Crippen LogP contribution in [0.2, 0.25) is 0 Å². The van der Waals surface area contributed by atoms with Gasteiger partial charge < -0.3 is 9.47 Å². The second kappa shape index (κ2) is 7.79. The minimum atomic E-state index is -0.503. The van der Waals surface area contributed by atoms with Crippen molar-refractivity contribution in [2.24, 2.45) is 0 Å². The first-order chi connectivity index (χ1) is 14.4. The summed E-state index contributed by atoms with van der Waals surface area (Å²) >= 11 is 0. The summed E-state index contributed by atoms with van der Waals surface area (Å²) in [6, 6.07) is 15.5. The van der Waals surface area contributed by atoms with E-state index in [-0.39, 0.29) is 29.7 Å². The number of ketones is 1. The van der Waals surface area contributed by atoms with E-state index in [0.717, 1.165) is 0 Å². The van der Waals surface area contributed by atoms with Crippen LogP contribution in [0.25, 0.3) is 6.08 Å². The molecule has 0 radical (unpaired) electrons. The Balaban J connectivity index is 1.59. The third-order valence-electron chi connectivity index (χ3n) is 4.76. The van der Waals surface area contributed by atoms with Crippen molar-refractivity contribution in [3.63, 3.8) is 0 Å². The zero-order valence-corrected chi connectivity index (χ0v) is 15.9. The molecule has 0 saturated carbocycles. The number of halogens is 1. The van der Waals surface area contributed by atoms with Crippen molar-refractivity contribution < 1.29 is 23.6 Å². The first-order valence-electron chi connectivity index (χ1n) is 9.12. The van der Waals surface area contributed by atoms with Gasteiger partial charge in [0.05, 0.1) is 10.5 Å². The van der Waals surface area contributed by atoms with Crippen molar-refractivity contribution in [2.45, 2.75) is 13.5 Å². The average Bonchev–Trinajstić information content (AvgIpc) is 3.05. The van der Waals surface area contributed by atoms with E-state index < -0.39 is 4.92 Å². The number of Topliss-reactive ketones (excluding diaryl/α,β-unsaturated/α-hetero) is 1. The van der Waals surface area contributed by atoms with Gasteiger partial charge in [-0.05, 0) is 36.8 Å². The molecule has 1 aliphatic rings. The molecule has 150 valence electrons. The van der Waals surface area contributed by atoms with E-state index in [1.807, 2.05) is 0 Å². The summed E-state index contributed by atoms with van der Waals surface area (Å²) in [7, 11) is 0. The van der Waals surface area contributed by atoms with Gasteiger partial charge in [-0.3, -0.25) is 14.9 Å². The van der Waals surface area contributed by atoms with Gasteiger partial charge in [0.15, 0.2) is 5.76 Å². The van der Waals surface area contributed by atoms with Crippen molar-refractivity contribution in [3.8, 4) is 11.5 Å². The lowest BCUT2D eigenvalue weighted by Crippen LogP contribution is -2.00. The second-order valence-corrected chi connectivity index (χ2v) is 6.74. The van der Waals surface area contributed by atoms with Crippen molar-refractivity contribution in [2.75, 3.05) is 0 Å². The Bertz CT molecular complexity index is 1200. The van der Waals surface area contributed by atoms with Gasteiger partial charge in [-0.15, -0.1) is 0 Å². The largest absolute Gasteiger partial charge is 0.488 e. The van der Waals surface area contributed by atoms with E-state index in [1.165, 1.54) is 30.3 Å². The molecule has 30 heavy (non-hydrogen) atoms. The number of nitrogens with zero attached hydrogens (tertiary/aromatic N) is 1. The van der Waals surface area contributed by atoms with Gasteiger partial charge in [0.2, 0.25) is 5.78 Å². The van der Waals surface area contributed by atoms with Crippen molar-refractivity contribution in [1.29, 1.82) is 0 Å². The molecular weight excluding hydrogens is 389 g/mol. The predicted molar refractivity (Wildman–Crippen MR) is 108 cm³/mol. The molecule has 0 saturated heterocycles. The number of non-ortho nitro benzene ring substituents is 1. The van der Waals surface area contributed by atoms with Crippen LogP contribution in [0.3, 0.4) is 0 Å². The molecule has 1 aliphatic heterocycles. The lowest BCUT2D eigenvalue weighted by Gasteiger charge is -2.12. The summed E-state index contributed by atoms with van der Waals surface area (Å²) in [6.07, 6.45) is 1.47. The molecule has 0 aromatic heterocycles. The van der Waals surface area contributed by atoms with Crippen LogP contribution in [0.15, 0.2) is 66.4 Å². The van der Waals surface area contributed by atoms with Crippen molar-refractivity contribution in [3.05, 3.63) is 105 Å². The molecule has 6 nitrogen and oxygen atoms in total. The molecule has 0 aliphatic carbocycles. The molecule has 0 unspecified atom stereocenters. The highest BCUT2D eigenvalue weighted by molar-refractivity contribution is 6.15. The number of benzene rings is 3. The van der Waals surface area contributed by atoms with Crippen LogP contribution in [-0.4, -0.2) is 10.7 Å². The van der Waals surface area contributed by atoms with Crippen molar-refractivity contribution >= 4 is 17.5 Å². The Kier molecular flexibility index (Phi) is 5.02. The zero-order chi connectivity index (χ0) is 21.3. The lowest BCUT2D eigenvalue weighted by atomic mass is 10.1. The van der Waals surface area contributed by atoms with E-state index in [2.05, 4.69) is 0 Å². The molecule has 0 atom stereocenters. The maximum absolute atomic E-state index is 13.8. The number of fused-ring (bicyclic) bond motifs is 1. The highest BCUT2D eigenvalue weighted by Crippen LogP contribution is 2.39. The fourth-order valence-electron chi connectivity index (χ4n) is 3.17. The number of carbonyl (C=O) groups is 1. The number of ether oxygens (including phenoxy) is 2.